The van der Waals surface area contributed by atoms with Gasteiger partial charge in [-0.25, -0.2) is 14.3 Å². The second-order valence-electron chi connectivity index (χ2n) is 10.6. The molecule has 1 aliphatic heterocycles. The number of carbonyl (C=O) groups is 2. The van der Waals surface area contributed by atoms with Crippen LogP contribution in [0.25, 0.3) is 5.52 Å². The molecule has 2 unspecified atom stereocenters. The van der Waals surface area contributed by atoms with Crippen molar-refractivity contribution in [2.45, 2.75) is 63.8 Å². The molecular weight excluding hydrogens is 500 g/mol. The molecule has 2 aromatic heterocycles. The normalized spacial score (nSPS) is 25.1. The summed E-state index contributed by atoms with van der Waals surface area (Å²) in [5.41, 5.74) is 4.05. The number of nitrogens with zero attached hydrogens (tertiary/aromatic N) is 5. The second kappa shape index (κ2) is 11.1. The first kappa shape index (κ1) is 29.1. The number of rotatable bonds is 8. The van der Waals surface area contributed by atoms with Crippen molar-refractivity contribution in [3.8, 4) is 6.07 Å². The highest BCUT2D eigenvalue weighted by atomic mass is 16.7. The lowest BCUT2D eigenvalue weighted by atomic mass is 9.92. The SMILES string of the molecule is CC(OC(=O)OC[C@H]1O[C@@](C#N)(c2ccc3c(N)ncnn23)[C@H](O)[C@@H]1O)C(C(=O)OCC(C)(C)C)N(C)C. The molecule has 0 aromatic carbocycles. The van der Waals surface area contributed by atoms with Crippen LogP contribution in [-0.2, 0) is 29.3 Å². The number of esters is 1. The molecule has 1 fully saturated rings. The molecule has 0 radical (unpaired) electrons. The number of nitrogens with two attached hydrogens (primary N) is 1. The van der Waals surface area contributed by atoms with Gasteiger partial charge in [0.25, 0.3) is 0 Å². The molecule has 208 valence electrons. The number of nitrogen functional groups attached to an aromatic ring is 1. The summed E-state index contributed by atoms with van der Waals surface area (Å²) in [6, 6.07) is 4.02. The van der Waals surface area contributed by atoms with Crippen LogP contribution in [0.5, 0.6) is 0 Å². The molecule has 6 atom stereocenters. The Morgan fingerprint density at radius 2 is 2.00 bits per heavy atom. The number of fused-ring (bicyclic) bond motifs is 1. The van der Waals surface area contributed by atoms with E-state index in [4.69, 9.17) is 24.7 Å². The minimum absolute atomic E-state index is 0.108. The Labute approximate surface area is 219 Å². The summed E-state index contributed by atoms with van der Waals surface area (Å²) >= 11 is 0. The van der Waals surface area contributed by atoms with E-state index in [0.717, 1.165) is 0 Å². The molecule has 2 aromatic rings. The predicted molar refractivity (Wildman–Crippen MR) is 131 cm³/mol. The minimum atomic E-state index is -2.04. The lowest BCUT2D eigenvalue weighted by molar-refractivity contribution is -0.156. The summed E-state index contributed by atoms with van der Waals surface area (Å²) in [6.45, 7) is 6.91. The summed E-state index contributed by atoms with van der Waals surface area (Å²) in [5, 5.41) is 35.4. The van der Waals surface area contributed by atoms with E-state index in [1.54, 1.807) is 25.1 Å². The number of anilines is 1. The van der Waals surface area contributed by atoms with Crippen molar-refractivity contribution < 1.29 is 38.7 Å². The van der Waals surface area contributed by atoms with Crippen molar-refractivity contribution in [3.63, 3.8) is 0 Å². The highest BCUT2D eigenvalue weighted by molar-refractivity contribution is 5.77. The number of ether oxygens (including phenoxy) is 4. The fourth-order valence-electron chi connectivity index (χ4n) is 4.15. The standard InChI is InChI=1S/C24H34N6O8/c1-13(17(29(5)6)21(33)36-11-23(2,3)4)37-22(34)35-9-15-18(31)19(32)24(10-25,38-15)16-8-7-14-20(26)27-12-28-30(14)16/h7-8,12-13,15,17-19,31-32H,9,11H2,1-6H3,(H2,26,27,28)/t13?,15-,17?,18-,19-,24+/m1/s1. The van der Waals surface area contributed by atoms with Gasteiger partial charge in [-0.05, 0) is 38.6 Å². The van der Waals surface area contributed by atoms with Crippen molar-refractivity contribution in [1.82, 2.24) is 19.5 Å². The smallest absolute Gasteiger partial charge is 0.464 e. The van der Waals surface area contributed by atoms with Gasteiger partial charge in [0.2, 0.25) is 5.60 Å². The van der Waals surface area contributed by atoms with Gasteiger partial charge in [0.05, 0.1) is 12.3 Å². The number of nitriles is 1. The molecule has 0 saturated carbocycles. The molecule has 0 bridgehead atoms. The van der Waals surface area contributed by atoms with E-state index in [1.165, 1.54) is 23.8 Å². The third-order valence-electron chi connectivity index (χ3n) is 6.02. The number of aromatic nitrogens is 3. The van der Waals surface area contributed by atoms with E-state index in [2.05, 4.69) is 10.1 Å². The van der Waals surface area contributed by atoms with Crippen LogP contribution in [0.4, 0.5) is 10.6 Å². The van der Waals surface area contributed by atoms with Gasteiger partial charge in [-0.3, -0.25) is 9.69 Å². The van der Waals surface area contributed by atoms with Gasteiger partial charge < -0.3 is 34.9 Å². The first-order valence-corrected chi connectivity index (χ1v) is 11.9. The Hall–Kier alpha value is -3.51. The minimum Gasteiger partial charge on any atom is -0.464 e. The first-order chi connectivity index (χ1) is 17.7. The van der Waals surface area contributed by atoms with Gasteiger partial charge in [0, 0.05) is 0 Å². The third kappa shape index (κ3) is 5.81. The molecule has 0 amide bonds. The predicted octanol–water partition coefficient (Wildman–Crippen LogP) is 0.212. The molecule has 3 heterocycles. The van der Waals surface area contributed by atoms with Gasteiger partial charge >= 0.3 is 12.1 Å². The molecule has 14 nitrogen and oxygen atoms in total. The zero-order chi connectivity index (χ0) is 28.4. The maximum Gasteiger partial charge on any atom is 0.508 e. The third-order valence-corrected chi connectivity index (χ3v) is 6.02. The molecule has 1 saturated heterocycles. The summed E-state index contributed by atoms with van der Waals surface area (Å²) in [7, 11) is 3.28. The van der Waals surface area contributed by atoms with Crippen LogP contribution in [0.1, 0.15) is 33.4 Å². The van der Waals surface area contributed by atoms with Crippen molar-refractivity contribution in [1.29, 1.82) is 5.26 Å². The Morgan fingerprint density at radius 3 is 2.61 bits per heavy atom. The van der Waals surface area contributed by atoms with E-state index in [1.807, 2.05) is 26.8 Å². The number of hydrogen-bond acceptors (Lipinski definition) is 13. The fourth-order valence-corrected chi connectivity index (χ4v) is 4.15. The second-order valence-corrected chi connectivity index (χ2v) is 10.6. The van der Waals surface area contributed by atoms with Crippen molar-refractivity contribution >= 4 is 23.5 Å². The van der Waals surface area contributed by atoms with Crippen LogP contribution < -0.4 is 5.73 Å². The van der Waals surface area contributed by atoms with Crippen molar-refractivity contribution in [3.05, 3.63) is 24.2 Å². The van der Waals surface area contributed by atoms with Crippen LogP contribution in [-0.4, -0.2) is 99.6 Å². The topological polar surface area (TPSA) is 195 Å². The van der Waals surface area contributed by atoms with E-state index in [0.29, 0.717) is 5.52 Å². The van der Waals surface area contributed by atoms with Gasteiger partial charge in [0.1, 0.15) is 55.0 Å². The number of hydrogen-bond donors (Lipinski definition) is 3. The lowest BCUT2D eigenvalue weighted by Crippen LogP contribution is -2.47. The molecule has 0 spiro atoms. The van der Waals surface area contributed by atoms with Crippen LogP contribution in [0, 0.1) is 16.7 Å². The van der Waals surface area contributed by atoms with Gasteiger partial charge in [-0.15, -0.1) is 0 Å². The zero-order valence-corrected chi connectivity index (χ0v) is 22.2. The Kier molecular flexibility index (Phi) is 8.47. The van der Waals surface area contributed by atoms with Crippen molar-refractivity contribution in [2.75, 3.05) is 33.0 Å². The number of aliphatic hydroxyl groups excluding tert-OH is 2. The average Bonchev–Trinajstić information content (AvgIpc) is 3.37. The lowest BCUT2D eigenvalue weighted by Gasteiger charge is -2.29. The molecular formula is C24H34N6O8. The Balaban J connectivity index is 1.67. The molecule has 4 N–H and O–H groups in total. The van der Waals surface area contributed by atoms with Crippen LogP contribution in [0.2, 0.25) is 0 Å². The summed E-state index contributed by atoms with van der Waals surface area (Å²) in [4.78, 5) is 30.5. The summed E-state index contributed by atoms with van der Waals surface area (Å²) < 4.78 is 22.8. The van der Waals surface area contributed by atoms with Gasteiger partial charge in [-0.1, -0.05) is 20.8 Å². The number of carbonyl (C=O) groups excluding carboxylic acids is 2. The number of aliphatic hydroxyl groups is 2. The highest BCUT2D eigenvalue weighted by Crippen LogP contribution is 2.40. The van der Waals surface area contributed by atoms with Gasteiger partial charge in [-0.2, -0.15) is 10.4 Å². The van der Waals surface area contributed by atoms with Gasteiger partial charge in [0.15, 0.2) is 5.82 Å². The zero-order valence-electron chi connectivity index (χ0n) is 22.2. The Bertz CT molecular complexity index is 1200. The summed E-state index contributed by atoms with van der Waals surface area (Å²) in [6.07, 6.45) is -5.49. The van der Waals surface area contributed by atoms with Crippen LogP contribution >= 0.6 is 0 Å². The largest absolute Gasteiger partial charge is 0.508 e. The number of likely N-dealkylation sites (N-methyl/N-ethyl adjacent to an activating group) is 1. The van der Waals surface area contributed by atoms with E-state index in [9.17, 15) is 25.1 Å². The molecule has 3 rings (SSSR count). The summed E-state index contributed by atoms with van der Waals surface area (Å²) in [5.74, 6) is -0.423. The Morgan fingerprint density at radius 1 is 1.32 bits per heavy atom. The molecule has 0 aliphatic carbocycles. The first-order valence-electron chi connectivity index (χ1n) is 11.9. The monoisotopic (exact) mass is 534 g/mol. The van der Waals surface area contributed by atoms with E-state index < -0.39 is 54.8 Å². The fraction of sp³-hybridized carbons (Fsp3) is 0.625. The van der Waals surface area contributed by atoms with E-state index >= 15 is 0 Å². The molecule has 38 heavy (non-hydrogen) atoms. The maximum absolute atomic E-state index is 12.6. The molecule has 14 heteroatoms. The highest BCUT2D eigenvalue weighted by Gasteiger charge is 2.58. The maximum atomic E-state index is 12.6. The average molecular weight is 535 g/mol. The molecule has 1 aliphatic rings. The van der Waals surface area contributed by atoms with E-state index in [-0.39, 0.29) is 23.5 Å². The van der Waals surface area contributed by atoms with Crippen molar-refractivity contribution in [2.24, 2.45) is 5.41 Å². The van der Waals surface area contributed by atoms with Crippen LogP contribution in [0.3, 0.4) is 0 Å². The quantitative estimate of drug-likeness (QED) is 0.389. The van der Waals surface area contributed by atoms with Crippen LogP contribution in [0.15, 0.2) is 18.5 Å².